The van der Waals surface area contributed by atoms with Gasteiger partial charge >= 0.3 is 11.9 Å². The number of nitrogens with one attached hydrogen (secondary N) is 3. The van der Waals surface area contributed by atoms with Crippen LogP contribution in [-0.4, -0.2) is 76.0 Å². The fourth-order valence-electron chi connectivity index (χ4n) is 3.84. The molecule has 2 aromatic rings. The van der Waals surface area contributed by atoms with Crippen LogP contribution in [0.3, 0.4) is 0 Å². The monoisotopic (exact) mass is 572 g/mol. The first-order valence-electron chi connectivity index (χ1n) is 12.8. The lowest BCUT2D eigenvalue weighted by atomic mass is 10.0. The van der Waals surface area contributed by atoms with E-state index in [1.807, 2.05) is 12.3 Å². The molecule has 216 valence electrons. The molecule has 4 unspecified atom stereocenters. The number of hydrogen-bond acceptors (Lipinski definition) is 7. The maximum atomic E-state index is 13.5. The van der Waals surface area contributed by atoms with Gasteiger partial charge in [-0.25, -0.2) is 4.79 Å². The van der Waals surface area contributed by atoms with Gasteiger partial charge in [0.05, 0.1) is 6.04 Å². The molecule has 0 aromatic heterocycles. The van der Waals surface area contributed by atoms with E-state index in [2.05, 4.69) is 16.0 Å². The molecular weight excluding hydrogens is 536 g/mol. The van der Waals surface area contributed by atoms with Crippen LogP contribution in [0.2, 0.25) is 0 Å². The number of benzene rings is 2. The number of aliphatic carboxylic acids is 2. The molecule has 0 bridgehead atoms. The van der Waals surface area contributed by atoms with Gasteiger partial charge in [-0.2, -0.15) is 11.8 Å². The molecule has 2 rings (SSSR count). The van der Waals surface area contributed by atoms with E-state index in [9.17, 15) is 29.1 Å². The molecule has 3 amide bonds. The van der Waals surface area contributed by atoms with Crippen LogP contribution in [0, 0.1) is 0 Å². The largest absolute Gasteiger partial charge is 0.481 e. The molecule has 0 radical (unpaired) electrons. The number of carbonyl (C=O) groups excluding carboxylic acids is 3. The Morgan fingerprint density at radius 3 is 1.60 bits per heavy atom. The second kappa shape index (κ2) is 16.9. The highest BCUT2D eigenvalue weighted by Gasteiger charge is 2.31. The van der Waals surface area contributed by atoms with Crippen molar-refractivity contribution in [3.8, 4) is 0 Å². The summed E-state index contributed by atoms with van der Waals surface area (Å²) in [5, 5.41) is 26.1. The third-order valence-electron chi connectivity index (χ3n) is 6.06. The van der Waals surface area contributed by atoms with Crippen LogP contribution in [0.4, 0.5) is 0 Å². The van der Waals surface area contributed by atoms with Crippen LogP contribution < -0.4 is 21.7 Å². The number of nitrogens with two attached hydrogens (primary N) is 1. The number of carbonyl (C=O) groups is 5. The molecule has 0 fully saturated rings. The van der Waals surface area contributed by atoms with E-state index >= 15 is 0 Å². The summed E-state index contributed by atoms with van der Waals surface area (Å²) >= 11 is 1.54. The van der Waals surface area contributed by atoms with Gasteiger partial charge < -0.3 is 31.9 Å². The Hall–Kier alpha value is -3.90. The Kier molecular flexibility index (Phi) is 13.7. The molecule has 0 saturated heterocycles. The summed E-state index contributed by atoms with van der Waals surface area (Å²) in [5.74, 6) is -3.89. The summed E-state index contributed by atoms with van der Waals surface area (Å²) in [4.78, 5) is 62.1. The van der Waals surface area contributed by atoms with Gasteiger partial charge in [-0.15, -0.1) is 0 Å². The molecule has 11 nitrogen and oxygen atoms in total. The van der Waals surface area contributed by atoms with E-state index in [1.54, 1.807) is 66.4 Å². The molecule has 0 saturated carbocycles. The van der Waals surface area contributed by atoms with Crippen LogP contribution in [0.25, 0.3) is 0 Å². The van der Waals surface area contributed by atoms with Crippen molar-refractivity contribution in [1.82, 2.24) is 16.0 Å². The Balaban J connectivity index is 2.28. The highest BCUT2D eigenvalue weighted by Crippen LogP contribution is 2.09. The Bertz CT molecular complexity index is 1130. The van der Waals surface area contributed by atoms with Gasteiger partial charge in [0.15, 0.2) is 0 Å². The van der Waals surface area contributed by atoms with Crippen molar-refractivity contribution in [2.45, 2.75) is 56.3 Å². The highest BCUT2D eigenvalue weighted by atomic mass is 32.2. The van der Waals surface area contributed by atoms with Crippen molar-refractivity contribution in [3.63, 3.8) is 0 Å². The summed E-state index contributed by atoms with van der Waals surface area (Å²) in [6, 6.07) is 13.2. The molecule has 40 heavy (non-hydrogen) atoms. The smallest absolute Gasteiger partial charge is 0.326 e. The first-order chi connectivity index (χ1) is 19.1. The Labute approximate surface area is 237 Å². The van der Waals surface area contributed by atoms with Crippen LogP contribution >= 0.6 is 11.8 Å². The molecule has 0 aliphatic rings. The van der Waals surface area contributed by atoms with E-state index in [0.717, 1.165) is 5.56 Å². The topological polar surface area (TPSA) is 188 Å². The van der Waals surface area contributed by atoms with E-state index in [0.29, 0.717) is 17.7 Å². The Morgan fingerprint density at radius 1 is 0.725 bits per heavy atom. The van der Waals surface area contributed by atoms with E-state index < -0.39 is 60.2 Å². The predicted octanol–water partition coefficient (Wildman–Crippen LogP) is 0.956. The molecule has 0 heterocycles. The summed E-state index contributed by atoms with van der Waals surface area (Å²) in [7, 11) is 0. The van der Waals surface area contributed by atoms with Crippen molar-refractivity contribution in [2.24, 2.45) is 5.73 Å². The van der Waals surface area contributed by atoms with Crippen molar-refractivity contribution in [1.29, 1.82) is 0 Å². The zero-order valence-electron chi connectivity index (χ0n) is 22.2. The second-order valence-corrected chi connectivity index (χ2v) is 10.2. The average molecular weight is 573 g/mol. The molecule has 0 spiro atoms. The minimum atomic E-state index is -1.46. The van der Waals surface area contributed by atoms with Crippen molar-refractivity contribution in [2.75, 3.05) is 12.0 Å². The quantitative estimate of drug-likeness (QED) is 0.160. The van der Waals surface area contributed by atoms with E-state index in [1.165, 1.54) is 0 Å². The number of rotatable bonds is 17. The molecule has 7 N–H and O–H groups in total. The zero-order valence-corrected chi connectivity index (χ0v) is 23.1. The van der Waals surface area contributed by atoms with Gasteiger partial charge in [0.1, 0.15) is 18.1 Å². The van der Waals surface area contributed by atoms with Crippen LogP contribution in [-0.2, 0) is 36.8 Å². The van der Waals surface area contributed by atoms with Gasteiger partial charge in [-0.3, -0.25) is 19.2 Å². The number of carboxylic acid groups (broad SMARTS) is 2. The second-order valence-electron chi connectivity index (χ2n) is 9.22. The van der Waals surface area contributed by atoms with E-state index in [4.69, 9.17) is 10.8 Å². The molecule has 4 atom stereocenters. The fraction of sp³-hybridized carbons (Fsp3) is 0.393. The summed E-state index contributed by atoms with van der Waals surface area (Å²) in [6.07, 6.45) is 1.67. The summed E-state index contributed by atoms with van der Waals surface area (Å²) in [6.45, 7) is 0. The lowest BCUT2D eigenvalue weighted by molar-refractivity contribution is -0.143. The Morgan fingerprint density at radius 2 is 1.18 bits per heavy atom. The third-order valence-corrected chi connectivity index (χ3v) is 6.71. The zero-order chi connectivity index (χ0) is 29.5. The lowest BCUT2D eigenvalue weighted by Gasteiger charge is -2.25. The van der Waals surface area contributed by atoms with Crippen molar-refractivity contribution >= 4 is 41.4 Å². The number of amides is 3. The number of hydrogen-bond donors (Lipinski definition) is 6. The van der Waals surface area contributed by atoms with Gasteiger partial charge in [-0.05, 0) is 36.0 Å². The first-order valence-corrected chi connectivity index (χ1v) is 14.2. The SMILES string of the molecule is CSCCC(N)C(=O)NC(Cc1ccccc1)C(=O)NC(Cc1ccccc1)C(=O)NC(CCC(=O)O)C(=O)O. The molecular formula is C28H36N4O7S. The molecule has 0 aliphatic heterocycles. The van der Waals surface area contributed by atoms with Crippen LogP contribution in [0.15, 0.2) is 60.7 Å². The predicted molar refractivity (Wildman–Crippen MR) is 152 cm³/mol. The molecule has 0 aliphatic carbocycles. The minimum absolute atomic E-state index is 0.0307. The maximum Gasteiger partial charge on any atom is 0.326 e. The van der Waals surface area contributed by atoms with Crippen molar-refractivity contribution in [3.05, 3.63) is 71.8 Å². The van der Waals surface area contributed by atoms with Gasteiger partial charge in [0.2, 0.25) is 17.7 Å². The number of thioether (sulfide) groups is 1. The molecule has 2 aromatic carbocycles. The minimum Gasteiger partial charge on any atom is -0.481 e. The fourth-order valence-corrected chi connectivity index (χ4v) is 4.33. The van der Waals surface area contributed by atoms with Gasteiger partial charge in [0.25, 0.3) is 0 Å². The standard InChI is InChI=1S/C28H36N4O7S/c1-40-15-14-20(29)25(35)31-22(16-18-8-4-2-5-9-18)27(37)32-23(17-19-10-6-3-7-11-19)26(36)30-21(28(38)39)12-13-24(33)34/h2-11,20-23H,12-17,29H2,1H3,(H,30,36)(H,31,35)(H,32,37)(H,33,34)(H,38,39). The number of carboxylic acids is 2. The third kappa shape index (κ3) is 11.5. The normalized spacial score (nSPS) is 13.8. The van der Waals surface area contributed by atoms with Gasteiger partial charge in [-0.1, -0.05) is 60.7 Å². The van der Waals surface area contributed by atoms with Crippen LogP contribution in [0.1, 0.15) is 30.4 Å². The maximum absolute atomic E-state index is 13.5. The highest BCUT2D eigenvalue weighted by molar-refractivity contribution is 7.98. The lowest BCUT2D eigenvalue weighted by Crippen LogP contribution is -2.58. The molecule has 12 heteroatoms. The van der Waals surface area contributed by atoms with Crippen LogP contribution in [0.5, 0.6) is 0 Å². The van der Waals surface area contributed by atoms with E-state index in [-0.39, 0.29) is 19.3 Å². The van der Waals surface area contributed by atoms with Crippen molar-refractivity contribution < 1.29 is 34.2 Å². The first kappa shape index (κ1) is 32.3. The summed E-state index contributed by atoms with van der Waals surface area (Å²) < 4.78 is 0. The average Bonchev–Trinajstić information content (AvgIpc) is 2.93. The summed E-state index contributed by atoms with van der Waals surface area (Å²) in [5.41, 5.74) is 7.48. The van der Waals surface area contributed by atoms with Gasteiger partial charge in [0, 0.05) is 19.3 Å².